The molecule has 0 saturated heterocycles. The predicted molar refractivity (Wildman–Crippen MR) is 121 cm³/mol. The molecule has 0 aliphatic carbocycles. The molecule has 0 atom stereocenters. The maximum Gasteiger partial charge on any atom is 0.516 e. The standard InChI is InChI=1S/C19H16BrClF3N3O2S2/c1-10(2)5-13-6-11(3-4-25-13)18-26-16(9-30-18)12-7-14(20)17(15(21)8-12)27-31(28,29)19(22,23)24/h3-4,6-10,27H,5H2,1-2H3. The predicted octanol–water partition coefficient (Wildman–Crippen LogP) is 6.75. The first-order valence-corrected chi connectivity index (χ1v) is 12.4. The number of hydrogen-bond acceptors (Lipinski definition) is 5. The number of sulfonamides is 1. The largest absolute Gasteiger partial charge is 0.516 e. The molecule has 0 aliphatic rings. The molecule has 0 amide bonds. The number of nitrogens with one attached hydrogen (secondary N) is 1. The third-order valence-corrected chi connectivity index (χ3v) is 6.96. The van der Waals surface area contributed by atoms with Crippen LogP contribution in [0.15, 0.2) is 40.3 Å². The van der Waals surface area contributed by atoms with Crippen LogP contribution in [-0.4, -0.2) is 23.9 Å². The van der Waals surface area contributed by atoms with Gasteiger partial charge >= 0.3 is 15.5 Å². The van der Waals surface area contributed by atoms with Crippen molar-refractivity contribution >= 4 is 54.6 Å². The molecule has 12 heteroatoms. The van der Waals surface area contributed by atoms with Crippen LogP contribution in [0.2, 0.25) is 5.02 Å². The number of benzene rings is 1. The van der Waals surface area contributed by atoms with Gasteiger partial charge in [0, 0.05) is 32.9 Å². The van der Waals surface area contributed by atoms with Gasteiger partial charge in [0.2, 0.25) is 0 Å². The Balaban J connectivity index is 1.91. The number of alkyl halides is 3. The van der Waals surface area contributed by atoms with Crippen LogP contribution in [0.3, 0.4) is 0 Å². The number of anilines is 1. The number of pyridine rings is 1. The van der Waals surface area contributed by atoms with Gasteiger partial charge in [0.25, 0.3) is 0 Å². The molecule has 0 bridgehead atoms. The summed E-state index contributed by atoms with van der Waals surface area (Å²) >= 11 is 10.6. The summed E-state index contributed by atoms with van der Waals surface area (Å²) in [6.07, 6.45) is 2.56. The van der Waals surface area contributed by atoms with Gasteiger partial charge in [-0.25, -0.2) is 4.98 Å². The van der Waals surface area contributed by atoms with Crippen LogP contribution in [0.25, 0.3) is 21.8 Å². The zero-order chi connectivity index (χ0) is 23.0. The summed E-state index contributed by atoms with van der Waals surface area (Å²) in [6.45, 7) is 4.21. The maximum atomic E-state index is 12.7. The van der Waals surface area contributed by atoms with Crippen molar-refractivity contribution in [2.75, 3.05) is 4.72 Å². The van der Waals surface area contributed by atoms with Gasteiger partial charge in [-0.15, -0.1) is 11.3 Å². The van der Waals surface area contributed by atoms with Crippen LogP contribution in [0.1, 0.15) is 19.5 Å². The topological polar surface area (TPSA) is 72.0 Å². The molecule has 1 N–H and O–H groups in total. The van der Waals surface area contributed by atoms with Crippen molar-refractivity contribution in [3.05, 3.63) is 51.0 Å². The molecule has 5 nitrogen and oxygen atoms in total. The number of thiazole rings is 1. The van der Waals surface area contributed by atoms with E-state index >= 15 is 0 Å². The van der Waals surface area contributed by atoms with Crippen LogP contribution in [0.4, 0.5) is 18.9 Å². The van der Waals surface area contributed by atoms with Crippen LogP contribution >= 0.6 is 38.9 Å². The molecule has 3 aromatic rings. The van der Waals surface area contributed by atoms with Gasteiger partial charge in [-0.2, -0.15) is 21.6 Å². The molecule has 0 fully saturated rings. The molecule has 2 heterocycles. The fraction of sp³-hybridized carbons (Fsp3) is 0.263. The summed E-state index contributed by atoms with van der Waals surface area (Å²) in [6, 6.07) is 6.64. The number of rotatable bonds is 6. The van der Waals surface area contributed by atoms with E-state index in [2.05, 4.69) is 39.7 Å². The monoisotopic (exact) mass is 553 g/mol. The van der Waals surface area contributed by atoms with E-state index in [1.54, 1.807) is 11.6 Å². The Morgan fingerprint density at radius 3 is 2.55 bits per heavy atom. The van der Waals surface area contributed by atoms with E-state index in [0.29, 0.717) is 17.2 Å². The Hall–Kier alpha value is -1.69. The minimum absolute atomic E-state index is 0.0560. The Morgan fingerprint density at radius 1 is 1.23 bits per heavy atom. The van der Waals surface area contributed by atoms with Crippen molar-refractivity contribution in [2.24, 2.45) is 5.92 Å². The highest BCUT2D eigenvalue weighted by Gasteiger charge is 2.46. The van der Waals surface area contributed by atoms with Crippen LogP contribution in [0, 0.1) is 5.92 Å². The highest BCUT2D eigenvalue weighted by Crippen LogP contribution is 2.39. The minimum atomic E-state index is -5.60. The maximum absolute atomic E-state index is 12.7. The number of aromatic nitrogens is 2. The molecule has 0 aliphatic heterocycles. The highest BCUT2D eigenvalue weighted by molar-refractivity contribution is 9.10. The summed E-state index contributed by atoms with van der Waals surface area (Å²) in [5, 5.41) is 2.33. The Labute approximate surface area is 194 Å². The fourth-order valence-corrected chi connectivity index (χ4v) is 5.25. The van der Waals surface area contributed by atoms with Crippen molar-refractivity contribution in [3.8, 4) is 21.8 Å². The van der Waals surface area contributed by atoms with Crippen molar-refractivity contribution in [1.82, 2.24) is 9.97 Å². The van der Waals surface area contributed by atoms with Crippen LogP contribution in [-0.2, 0) is 16.4 Å². The lowest BCUT2D eigenvalue weighted by molar-refractivity contribution is -0.0429. The van der Waals surface area contributed by atoms with Gasteiger partial charge in [0.1, 0.15) is 5.01 Å². The molecule has 0 radical (unpaired) electrons. The van der Waals surface area contributed by atoms with E-state index in [1.807, 2.05) is 12.1 Å². The fourth-order valence-electron chi connectivity index (χ4n) is 2.69. The number of nitrogens with zero attached hydrogens (tertiary/aromatic N) is 2. The first kappa shape index (κ1) is 24.0. The van der Waals surface area contributed by atoms with Gasteiger partial charge in [0.05, 0.1) is 16.4 Å². The van der Waals surface area contributed by atoms with E-state index in [9.17, 15) is 21.6 Å². The van der Waals surface area contributed by atoms with Gasteiger partial charge in [-0.3, -0.25) is 9.71 Å². The molecule has 0 unspecified atom stereocenters. The summed E-state index contributed by atoms with van der Waals surface area (Å²) in [4.78, 5) is 8.96. The average molecular weight is 555 g/mol. The van der Waals surface area contributed by atoms with Gasteiger partial charge in [-0.05, 0) is 52.5 Å². The second-order valence-corrected chi connectivity index (χ2v) is 10.8. The summed E-state index contributed by atoms with van der Waals surface area (Å²) in [7, 11) is -5.60. The third-order valence-electron chi connectivity index (χ3n) is 4.06. The van der Waals surface area contributed by atoms with Crippen molar-refractivity contribution in [3.63, 3.8) is 0 Å². The SMILES string of the molecule is CC(C)Cc1cc(-c2nc(-c3cc(Cl)c(NS(=O)(=O)C(F)(F)F)c(Br)c3)cs2)ccn1. The quantitative estimate of drug-likeness (QED) is 0.366. The van der Waals surface area contributed by atoms with E-state index in [0.717, 1.165) is 22.7 Å². The zero-order valence-corrected chi connectivity index (χ0v) is 20.1. The van der Waals surface area contributed by atoms with E-state index in [1.165, 1.54) is 28.2 Å². The molecular formula is C19H16BrClF3N3O2S2. The summed E-state index contributed by atoms with van der Waals surface area (Å²) in [5.41, 5.74) is -2.93. The lowest BCUT2D eigenvalue weighted by Gasteiger charge is -2.14. The highest BCUT2D eigenvalue weighted by atomic mass is 79.9. The van der Waals surface area contributed by atoms with Gasteiger partial charge < -0.3 is 0 Å². The minimum Gasteiger partial charge on any atom is -0.273 e. The van der Waals surface area contributed by atoms with Crippen LogP contribution < -0.4 is 4.72 Å². The molecule has 2 aromatic heterocycles. The molecule has 0 spiro atoms. The molecule has 31 heavy (non-hydrogen) atoms. The zero-order valence-electron chi connectivity index (χ0n) is 16.2. The van der Waals surface area contributed by atoms with Crippen molar-refractivity contribution in [1.29, 1.82) is 0 Å². The molecule has 1 aromatic carbocycles. The Morgan fingerprint density at radius 2 is 1.94 bits per heavy atom. The van der Waals surface area contributed by atoms with E-state index in [-0.39, 0.29) is 9.50 Å². The van der Waals surface area contributed by atoms with Gasteiger partial charge in [-0.1, -0.05) is 25.4 Å². The second-order valence-electron chi connectivity index (χ2n) is 7.04. The third kappa shape index (κ3) is 5.57. The second kappa shape index (κ2) is 9.05. The average Bonchev–Trinajstić information content (AvgIpc) is 3.13. The Kier molecular flexibility index (Phi) is 6.99. The smallest absolute Gasteiger partial charge is 0.273 e. The van der Waals surface area contributed by atoms with E-state index < -0.39 is 21.2 Å². The van der Waals surface area contributed by atoms with E-state index in [4.69, 9.17) is 11.6 Å². The van der Waals surface area contributed by atoms with Crippen LogP contribution in [0.5, 0.6) is 0 Å². The first-order chi connectivity index (χ1) is 14.4. The molecular weight excluding hydrogens is 539 g/mol. The summed E-state index contributed by atoms with van der Waals surface area (Å²) < 4.78 is 62.3. The Bertz CT molecular complexity index is 1190. The molecule has 3 rings (SSSR count). The normalized spacial score (nSPS) is 12.4. The van der Waals surface area contributed by atoms with Crippen molar-refractivity contribution in [2.45, 2.75) is 25.8 Å². The first-order valence-electron chi connectivity index (χ1n) is 8.86. The number of halogens is 5. The lowest BCUT2D eigenvalue weighted by Crippen LogP contribution is -2.30. The van der Waals surface area contributed by atoms with Crippen molar-refractivity contribution < 1.29 is 21.6 Å². The summed E-state index contributed by atoms with van der Waals surface area (Å²) in [5.74, 6) is 0.461. The molecule has 166 valence electrons. The number of hydrogen-bond donors (Lipinski definition) is 1. The molecule has 0 saturated carbocycles. The van der Waals surface area contributed by atoms with Gasteiger partial charge in [0.15, 0.2) is 0 Å². The lowest BCUT2D eigenvalue weighted by atomic mass is 10.1.